The van der Waals surface area contributed by atoms with Crippen molar-refractivity contribution in [1.29, 1.82) is 0 Å². The third kappa shape index (κ3) is 5.00. The minimum absolute atomic E-state index is 0.0414. The van der Waals surface area contributed by atoms with E-state index in [4.69, 9.17) is 16.3 Å². The van der Waals surface area contributed by atoms with Crippen LogP contribution in [0.15, 0.2) is 53.7 Å². The van der Waals surface area contributed by atoms with E-state index in [0.717, 1.165) is 24.3 Å². The van der Waals surface area contributed by atoms with Gasteiger partial charge in [0.25, 0.3) is 10.0 Å². The van der Waals surface area contributed by atoms with Crippen LogP contribution < -0.4 is 14.8 Å². The fourth-order valence-corrected chi connectivity index (χ4v) is 5.05. The predicted octanol–water partition coefficient (Wildman–Crippen LogP) is 5.52. The zero-order valence-corrected chi connectivity index (χ0v) is 20.7. The van der Waals surface area contributed by atoms with Crippen LogP contribution in [-0.2, 0) is 16.2 Å². The van der Waals surface area contributed by atoms with Gasteiger partial charge in [-0.1, -0.05) is 11.6 Å². The molecule has 0 aliphatic heterocycles. The minimum Gasteiger partial charge on any atom is -0.480 e. The highest BCUT2D eigenvalue weighted by Gasteiger charge is 2.34. The molecule has 4 rings (SSSR count). The molecule has 2 heterocycles. The number of fused-ring (bicyclic) bond motifs is 1. The molecule has 0 bridgehead atoms. The Labute approximate surface area is 209 Å². The summed E-state index contributed by atoms with van der Waals surface area (Å²) in [6.07, 6.45) is -1.99. The maximum absolute atomic E-state index is 13.9. The van der Waals surface area contributed by atoms with Crippen LogP contribution in [0.3, 0.4) is 0 Å². The van der Waals surface area contributed by atoms with E-state index in [2.05, 4.69) is 25.0 Å². The number of nitrogens with one attached hydrogen (secondary N) is 2. The van der Waals surface area contributed by atoms with E-state index < -0.39 is 21.8 Å². The van der Waals surface area contributed by atoms with Gasteiger partial charge >= 0.3 is 6.18 Å². The first-order valence-electron chi connectivity index (χ1n) is 10.3. The number of sulfonamides is 1. The van der Waals surface area contributed by atoms with E-state index in [1.165, 1.54) is 25.6 Å². The zero-order valence-electron chi connectivity index (χ0n) is 19.1. The van der Waals surface area contributed by atoms with Gasteiger partial charge in [-0.2, -0.15) is 13.2 Å². The second-order valence-corrected chi connectivity index (χ2v) is 9.78. The summed E-state index contributed by atoms with van der Waals surface area (Å²) in [7, 11) is -1.42. The smallest absolute Gasteiger partial charge is 0.417 e. The lowest BCUT2D eigenvalue weighted by atomic mass is 9.94. The van der Waals surface area contributed by atoms with Gasteiger partial charge in [0.05, 0.1) is 23.2 Å². The van der Waals surface area contributed by atoms with Crippen molar-refractivity contribution >= 4 is 44.2 Å². The number of aromatic nitrogens is 3. The zero-order chi connectivity index (χ0) is 26.3. The Morgan fingerprint density at radius 3 is 2.44 bits per heavy atom. The van der Waals surface area contributed by atoms with Crippen LogP contribution in [-0.4, -0.2) is 37.5 Å². The summed E-state index contributed by atoms with van der Waals surface area (Å²) in [5, 5.41) is 3.37. The number of halogens is 4. The van der Waals surface area contributed by atoms with Gasteiger partial charge in [0, 0.05) is 30.5 Å². The Morgan fingerprint density at radius 1 is 1.03 bits per heavy atom. The number of rotatable bonds is 6. The van der Waals surface area contributed by atoms with Crippen LogP contribution in [0.1, 0.15) is 11.1 Å². The Bertz CT molecular complexity index is 1580. The predicted molar refractivity (Wildman–Crippen MR) is 131 cm³/mol. The van der Waals surface area contributed by atoms with Gasteiger partial charge in [-0.3, -0.25) is 4.72 Å². The van der Waals surface area contributed by atoms with E-state index >= 15 is 0 Å². The molecule has 4 aromatic rings. The third-order valence-electron chi connectivity index (χ3n) is 5.28. The maximum atomic E-state index is 13.9. The second kappa shape index (κ2) is 9.43. The third-order valence-corrected chi connectivity index (χ3v) is 6.87. The summed E-state index contributed by atoms with van der Waals surface area (Å²) in [4.78, 5) is 11.9. The maximum Gasteiger partial charge on any atom is 0.417 e. The fourth-order valence-electron chi connectivity index (χ4n) is 3.64. The van der Waals surface area contributed by atoms with Crippen LogP contribution in [0.5, 0.6) is 5.88 Å². The number of hydrogen-bond acceptors (Lipinski definition) is 7. The van der Waals surface area contributed by atoms with Gasteiger partial charge in [-0.15, -0.1) is 0 Å². The van der Waals surface area contributed by atoms with Crippen molar-refractivity contribution in [2.24, 2.45) is 0 Å². The molecule has 0 amide bonds. The standard InChI is InChI=1S/C23H19ClF3N5O3S/c1-12-6-19-13(10-30-22(28-2)31-19)7-16(12)17-9-15(4-5-18(17)23(25,26)27)32-36(33,34)20-8-14(24)11-29-21(20)35-3/h4-11,32H,1-3H3,(H,28,30,31). The first-order valence-corrected chi connectivity index (χ1v) is 12.2. The molecule has 0 aliphatic rings. The van der Waals surface area contributed by atoms with Crippen molar-refractivity contribution in [1.82, 2.24) is 15.0 Å². The molecule has 0 radical (unpaired) electrons. The molecule has 0 aliphatic carbocycles. The molecule has 0 atom stereocenters. The summed E-state index contributed by atoms with van der Waals surface area (Å²) < 4.78 is 75.2. The Hall–Kier alpha value is -3.64. The normalized spacial score (nSPS) is 12.0. The molecular formula is C23H19ClF3N5O3S. The first-order chi connectivity index (χ1) is 16.9. The van der Waals surface area contributed by atoms with Crippen molar-refractivity contribution in [3.8, 4) is 17.0 Å². The highest BCUT2D eigenvalue weighted by Crippen LogP contribution is 2.41. The van der Waals surface area contributed by atoms with E-state index in [9.17, 15) is 21.6 Å². The van der Waals surface area contributed by atoms with Gasteiger partial charge in [0.2, 0.25) is 11.8 Å². The molecule has 0 saturated heterocycles. The lowest BCUT2D eigenvalue weighted by molar-refractivity contribution is -0.137. The van der Waals surface area contributed by atoms with Gasteiger partial charge in [0.15, 0.2) is 4.90 Å². The van der Waals surface area contributed by atoms with Crippen molar-refractivity contribution in [3.05, 3.63) is 64.9 Å². The number of alkyl halides is 3. The average Bonchev–Trinajstić information content (AvgIpc) is 2.82. The van der Waals surface area contributed by atoms with Crippen LogP contribution in [0, 0.1) is 6.92 Å². The van der Waals surface area contributed by atoms with Crippen molar-refractivity contribution < 1.29 is 26.3 Å². The number of nitrogens with zero attached hydrogens (tertiary/aromatic N) is 3. The van der Waals surface area contributed by atoms with Crippen LogP contribution in [0.2, 0.25) is 5.02 Å². The molecular weight excluding hydrogens is 519 g/mol. The van der Waals surface area contributed by atoms with Gasteiger partial charge in [-0.25, -0.2) is 23.4 Å². The number of anilines is 2. The molecule has 36 heavy (non-hydrogen) atoms. The lowest BCUT2D eigenvalue weighted by Gasteiger charge is -2.18. The summed E-state index contributed by atoms with van der Waals surface area (Å²) in [5.41, 5.74) is 0.0645. The fraction of sp³-hybridized carbons (Fsp3) is 0.174. The molecule has 0 fully saturated rings. The number of hydrogen-bond donors (Lipinski definition) is 2. The summed E-state index contributed by atoms with van der Waals surface area (Å²) >= 11 is 5.89. The van der Waals surface area contributed by atoms with Gasteiger partial charge in [-0.05, 0) is 60.0 Å². The van der Waals surface area contributed by atoms with Crippen molar-refractivity contribution in [2.75, 3.05) is 24.2 Å². The number of pyridine rings is 1. The number of ether oxygens (including phenoxy) is 1. The molecule has 8 nitrogen and oxygen atoms in total. The van der Waals surface area contributed by atoms with E-state index in [0.29, 0.717) is 22.4 Å². The lowest BCUT2D eigenvalue weighted by Crippen LogP contribution is -2.15. The monoisotopic (exact) mass is 537 g/mol. The average molecular weight is 538 g/mol. The molecule has 2 aromatic carbocycles. The molecule has 0 saturated carbocycles. The highest BCUT2D eigenvalue weighted by atomic mass is 35.5. The van der Waals surface area contributed by atoms with Gasteiger partial charge in [0.1, 0.15) is 0 Å². The quantitative estimate of drug-likeness (QED) is 0.333. The van der Waals surface area contributed by atoms with E-state index in [1.54, 1.807) is 20.0 Å². The SMILES string of the molecule is CNc1ncc2cc(-c3cc(NS(=O)(=O)c4cc(Cl)cnc4OC)ccc3C(F)(F)F)c(C)cc2n1. The van der Waals surface area contributed by atoms with Crippen molar-refractivity contribution in [2.45, 2.75) is 18.0 Å². The number of benzene rings is 2. The number of aryl methyl sites for hydroxylation is 1. The van der Waals surface area contributed by atoms with Crippen LogP contribution in [0.4, 0.5) is 24.8 Å². The van der Waals surface area contributed by atoms with Crippen LogP contribution in [0.25, 0.3) is 22.0 Å². The van der Waals surface area contributed by atoms with Gasteiger partial charge < -0.3 is 10.1 Å². The Balaban J connectivity index is 1.85. The molecule has 2 N–H and O–H groups in total. The second-order valence-electron chi connectivity index (χ2n) is 7.69. The summed E-state index contributed by atoms with van der Waals surface area (Å²) in [6.45, 7) is 1.65. The minimum atomic E-state index is -4.69. The molecule has 188 valence electrons. The van der Waals surface area contributed by atoms with E-state index in [-0.39, 0.29) is 32.6 Å². The topological polar surface area (TPSA) is 106 Å². The Kier molecular flexibility index (Phi) is 6.67. The van der Waals surface area contributed by atoms with E-state index in [1.807, 2.05) is 0 Å². The Morgan fingerprint density at radius 2 is 1.78 bits per heavy atom. The molecule has 13 heteroatoms. The highest BCUT2D eigenvalue weighted by molar-refractivity contribution is 7.92. The summed E-state index contributed by atoms with van der Waals surface area (Å²) in [5.74, 6) is 0.151. The first kappa shape index (κ1) is 25.5. The number of methoxy groups -OCH3 is 1. The summed E-state index contributed by atoms with van der Waals surface area (Å²) in [6, 6.07) is 7.30. The van der Waals surface area contributed by atoms with Crippen LogP contribution >= 0.6 is 11.6 Å². The molecule has 2 aromatic heterocycles. The largest absolute Gasteiger partial charge is 0.480 e. The molecule has 0 unspecified atom stereocenters. The molecule has 0 spiro atoms. The van der Waals surface area contributed by atoms with Crippen molar-refractivity contribution in [3.63, 3.8) is 0 Å².